The van der Waals surface area contributed by atoms with Crippen LogP contribution >= 0.6 is 0 Å². The van der Waals surface area contributed by atoms with Gasteiger partial charge in [0.25, 0.3) is 5.56 Å². The van der Waals surface area contributed by atoms with Gasteiger partial charge in [-0.05, 0) is 66.4 Å². The zero-order chi connectivity index (χ0) is 23.9. The van der Waals surface area contributed by atoms with Gasteiger partial charge in [-0.15, -0.1) is 0 Å². The maximum absolute atomic E-state index is 12.8. The molecule has 1 aliphatic rings. The predicted molar refractivity (Wildman–Crippen MR) is 126 cm³/mol. The van der Waals surface area contributed by atoms with Crippen LogP contribution in [0.2, 0.25) is 0 Å². The molecule has 4 aromatic rings. The van der Waals surface area contributed by atoms with Crippen LogP contribution in [0.25, 0.3) is 27.7 Å². The van der Waals surface area contributed by atoms with Crippen molar-refractivity contribution < 1.29 is 13.2 Å². The van der Waals surface area contributed by atoms with Crippen molar-refractivity contribution in [3.05, 3.63) is 82.9 Å². The second-order valence-corrected chi connectivity index (χ2v) is 9.00. The number of hydrogen-bond donors (Lipinski definition) is 0. The first-order valence-electron chi connectivity index (χ1n) is 11.4. The molecule has 0 N–H and O–H groups in total. The van der Waals surface area contributed by atoms with Crippen LogP contribution in [0.5, 0.6) is 0 Å². The Balaban J connectivity index is 1.35. The third-order valence-electron chi connectivity index (χ3n) is 6.50. The Morgan fingerprint density at radius 3 is 2.47 bits per heavy atom. The molecule has 1 saturated heterocycles. The van der Waals surface area contributed by atoms with Crippen LogP contribution in [0.4, 0.5) is 13.2 Å². The summed E-state index contributed by atoms with van der Waals surface area (Å²) in [7, 11) is 0. The van der Waals surface area contributed by atoms with E-state index in [0.717, 1.165) is 55.1 Å². The molecular weight excluding hydrogens is 441 g/mol. The zero-order valence-electron chi connectivity index (χ0n) is 18.8. The fourth-order valence-corrected chi connectivity index (χ4v) is 4.59. The van der Waals surface area contributed by atoms with E-state index in [0.29, 0.717) is 16.8 Å². The summed E-state index contributed by atoms with van der Waals surface area (Å²) in [5, 5.41) is 5.48. The van der Waals surface area contributed by atoms with E-state index in [1.54, 1.807) is 12.3 Å². The second-order valence-electron chi connectivity index (χ2n) is 9.00. The molecule has 0 spiro atoms. The fourth-order valence-electron chi connectivity index (χ4n) is 4.59. The van der Waals surface area contributed by atoms with E-state index < -0.39 is 11.7 Å². The molecule has 0 aliphatic carbocycles. The molecule has 2 aromatic heterocycles. The summed E-state index contributed by atoms with van der Waals surface area (Å²) in [5.74, 6) is 0.751. The van der Waals surface area contributed by atoms with Crippen molar-refractivity contribution in [2.75, 3.05) is 19.6 Å². The van der Waals surface area contributed by atoms with E-state index in [9.17, 15) is 18.0 Å². The van der Waals surface area contributed by atoms with Gasteiger partial charge < -0.3 is 4.90 Å². The van der Waals surface area contributed by atoms with Crippen LogP contribution in [-0.2, 0) is 12.7 Å². The first-order chi connectivity index (χ1) is 16.3. The number of rotatable bonds is 5. The topological polar surface area (TPSA) is 43.1 Å². The molecule has 0 unspecified atom stereocenters. The minimum Gasteiger partial charge on any atom is -0.301 e. The lowest BCUT2D eigenvalue weighted by molar-refractivity contribution is -0.137. The number of nitrogens with zero attached hydrogens (tertiary/aromatic N) is 4. The van der Waals surface area contributed by atoms with E-state index in [4.69, 9.17) is 0 Å². The van der Waals surface area contributed by atoms with Gasteiger partial charge in [-0.2, -0.15) is 18.3 Å². The molecule has 0 radical (unpaired) electrons. The van der Waals surface area contributed by atoms with Crippen LogP contribution in [0.1, 0.15) is 18.9 Å². The highest BCUT2D eigenvalue weighted by molar-refractivity contribution is 5.81. The molecule has 1 fully saturated rings. The number of aromatic nitrogens is 3. The molecule has 0 saturated carbocycles. The Kier molecular flexibility index (Phi) is 5.77. The number of fused-ring (bicyclic) bond motifs is 1. The van der Waals surface area contributed by atoms with Crippen LogP contribution in [-0.4, -0.2) is 38.9 Å². The second kappa shape index (κ2) is 8.76. The van der Waals surface area contributed by atoms with Gasteiger partial charge in [0.1, 0.15) is 0 Å². The summed E-state index contributed by atoms with van der Waals surface area (Å²) in [6, 6.07) is 13.8. The number of halogens is 3. The number of alkyl halides is 3. The Hall–Kier alpha value is -3.39. The van der Waals surface area contributed by atoms with Crippen molar-refractivity contribution in [1.29, 1.82) is 0 Å². The van der Waals surface area contributed by atoms with Gasteiger partial charge in [0.2, 0.25) is 0 Å². The normalized spacial score (nSPS) is 17.0. The minimum atomic E-state index is -4.39. The highest BCUT2D eigenvalue weighted by atomic mass is 19.4. The van der Waals surface area contributed by atoms with Crippen molar-refractivity contribution in [2.24, 2.45) is 5.92 Å². The van der Waals surface area contributed by atoms with Crippen LogP contribution in [0.15, 0.2) is 71.8 Å². The summed E-state index contributed by atoms with van der Waals surface area (Å²) < 4.78 is 41.9. The zero-order valence-corrected chi connectivity index (χ0v) is 18.8. The lowest BCUT2D eigenvalue weighted by Gasteiger charge is -2.15. The predicted octanol–water partition coefficient (Wildman–Crippen LogP) is 5.21. The highest BCUT2D eigenvalue weighted by Crippen LogP contribution is 2.31. The average molecular weight is 467 g/mol. The number of benzene rings is 2. The monoisotopic (exact) mass is 466 g/mol. The Morgan fingerprint density at radius 1 is 1.00 bits per heavy atom. The standard InChI is InChI=1S/C26H25F3N4O/c1-18-8-10-31(17-18)12-13-33-24-7-6-23(14-21(24)16-30-33)32-11-9-20(15-25(32)34)19-2-4-22(5-3-19)26(27,28)29/h2-7,9,11,14-16,18H,8,10,12-13,17H2,1H3/t18-/m0/s1. The van der Waals surface area contributed by atoms with E-state index >= 15 is 0 Å². The third-order valence-corrected chi connectivity index (χ3v) is 6.50. The molecule has 3 heterocycles. The molecule has 1 atom stereocenters. The van der Waals surface area contributed by atoms with Crippen molar-refractivity contribution in [3.8, 4) is 16.8 Å². The first-order valence-corrected chi connectivity index (χ1v) is 11.4. The number of pyridine rings is 1. The van der Waals surface area contributed by atoms with Crippen LogP contribution in [0.3, 0.4) is 0 Å². The molecular formula is C26H25F3N4O. The van der Waals surface area contributed by atoms with E-state index in [-0.39, 0.29) is 5.56 Å². The largest absolute Gasteiger partial charge is 0.416 e. The molecule has 0 amide bonds. The van der Waals surface area contributed by atoms with Crippen LogP contribution < -0.4 is 5.56 Å². The summed E-state index contributed by atoms with van der Waals surface area (Å²) in [4.78, 5) is 15.3. The molecule has 5 nitrogen and oxygen atoms in total. The summed E-state index contributed by atoms with van der Waals surface area (Å²) in [6.45, 7) is 6.33. The quantitative estimate of drug-likeness (QED) is 0.405. The first kappa shape index (κ1) is 22.4. The van der Waals surface area contributed by atoms with Crippen molar-refractivity contribution in [1.82, 2.24) is 19.2 Å². The van der Waals surface area contributed by atoms with Crippen molar-refractivity contribution >= 4 is 10.9 Å². The van der Waals surface area contributed by atoms with E-state index in [1.807, 2.05) is 29.1 Å². The van der Waals surface area contributed by atoms with E-state index in [1.165, 1.54) is 29.2 Å². The van der Waals surface area contributed by atoms with Crippen molar-refractivity contribution in [3.63, 3.8) is 0 Å². The van der Waals surface area contributed by atoms with Gasteiger partial charge in [-0.1, -0.05) is 19.1 Å². The Labute approximate surface area is 195 Å². The van der Waals surface area contributed by atoms with Gasteiger partial charge in [-0.25, -0.2) is 0 Å². The maximum atomic E-state index is 12.8. The van der Waals surface area contributed by atoms with Gasteiger partial charge >= 0.3 is 6.18 Å². The van der Waals surface area contributed by atoms with Gasteiger partial charge in [0.05, 0.1) is 23.8 Å². The smallest absolute Gasteiger partial charge is 0.301 e. The summed E-state index contributed by atoms with van der Waals surface area (Å²) in [6.07, 6.45) is 0.319. The lowest BCUT2D eigenvalue weighted by Crippen LogP contribution is -2.25. The average Bonchev–Trinajstić information content (AvgIpc) is 3.42. The maximum Gasteiger partial charge on any atom is 0.416 e. The number of hydrogen-bond acceptors (Lipinski definition) is 3. The SMILES string of the molecule is C[C@H]1CCN(CCn2ncc3cc(-n4ccc(-c5ccc(C(F)(F)F)cc5)cc4=O)ccc32)C1. The van der Waals surface area contributed by atoms with Gasteiger partial charge in [-0.3, -0.25) is 14.0 Å². The molecule has 1 aliphatic heterocycles. The molecule has 8 heteroatoms. The Morgan fingerprint density at radius 2 is 1.79 bits per heavy atom. The highest BCUT2D eigenvalue weighted by Gasteiger charge is 2.30. The Bertz CT molecular complexity index is 1370. The summed E-state index contributed by atoms with van der Waals surface area (Å²) >= 11 is 0. The minimum absolute atomic E-state index is 0.257. The lowest BCUT2D eigenvalue weighted by atomic mass is 10.0. The van der Waals surface area contributed by atoms with Crippen molar-refractivity contribution in [2.45, 2.75) is 26.1 Å². The van der Waals surface area contributed by atoms with Gasteiger partial charge in [0, 0.05) is 36.4 Å². The number of likely N-dealkylation sites (tertiary alicyclic amines) is 1. The molecule has 2 aromatic carbocycles. The molecule has 176 valence electrons. The third kappa shape index (κ3) is 4.50. The fraction of sp³-hybridized carbons (Fsp3) is 0.308. The van der Waals surface area contributed by atoms with Crippen LogP contribution in [0, 0.1) is 5.92 Å². The summed E-state index contributed by atoms with van der Waals surface area (Å²) in [5.41, 5.74) is 1.89. The van der Waals surface area contributed by atoms with Gasteiger partial charge in [0.15, 0.2) is 0 Å². The molecule has 5 rings (SSSR count). The molecule has 34 heavy (non-hydrogen) atoms. The molecule has 0 bridgehead atoms. The van der Waals surface area contributed by atoms with E-state index in [2.05, 4.69) is 16.9 Å².